The Labute approximate surface area is 64.5 Å². The molecule has 11 heavy (non-hydrogen) atoms. The molecule has 0 spiro atoms. The molecule has 4 heteroatoms. The highest BCUT2D eigenvalue weighted by atomic mass is 19.1. The van der Waals surface area contributed by atoms with Crippen LogP contribution in [0.3, 0.4) is 0 Å². The first kappa shape index (κ1) is 10.1. The van der Waals surface area contributed by atoms with E-state index < -0.39 is 12.3 Å². The van der Waals surface area contributed by atoms with E-state index in [-0.39, 0.29) is 18.6 Å². The molecule has 0 radical (unpaired) electrons. The Morgan fingerprint density at radius 1 is 1.55 bits per heavy atom. The predicted octanol–water partition coefficient (Wildman–Crippen LogP) is 1.21. The van der Waals surface area contributed by atoms with Crippen LogP contribution in [0.5, 0.6) is 0 Å². The summed E-state index contributed by atoms with van der Waals surface area (Å²) in [5.41, 5.74) is 0. The van der Waals surface area contributed by atoms with E-state index in [4.69, 9.17) is 0 Å². The molecule has 0 aliphatic carbocycles. The molecule has 0 bridgehead atoms. The van der Waals surface area contributed by atoms with Crippen molar-refractivity contribution in [1.29, 1.82) is 0 Å². The number of hydrogen-bond donors (Lipinski definition) is 0. The summed E-state index contributed by atoms with van der Waals surface area (Å²) in [4.78, 5) is 21.1. The monoisotopic (exact) mass is 162 g/mol. The normalized spacial score (nSPS) is 12.3. The molecule has 0 aromatic heterocycles. The maximum Gasteiger partial charge on any atom is 0.315 e. The third-order valence-electron chi connectivity index (χ3n) is 1.03. The fraction of sp³-hybridized carbons (Fsp3) is 0.714. The molecule has 0 saturated carbocycles. The van der Waals surface area contributed by atoms with E-state index in [1.807, 2.05) is 0 Å². The fourth-order valence-electron chi connectivity index (χ4n) is 0.509. The number of halogens is 1. The van der Waals surface area contributed by atoms with Crippen molar-refractivity contribution in [2.45, 2.75) is 33.0 Å². The molecule has 0 aromatic carbocycles. The first-order chi connectivity index (χ1) is 5.06. The van der Waals surface area contributed by atoms with E-state index in [1.165, 1.54) is 0 Å². The molecule has 0 aliphatic heterocycles. The van der Waals surface area contributed by atoms with Gasteiger partial charge in [-0.3, -0.25) is 9.59 Å². The van der Waals surface area contributed by atoms with Crippen LogP contribution in [0, 0.1) is 0 Å². The number of esters is 1. The quantitative estimate of drug-likeness (QED) is 0.461. The van der Waals surface area contributed by atoms with Gasteiger partial charge >= 0.3 is 5.97 Å². The minimum atomic E-state index is -1.63. The van der Waals surface area contributed by atoms with E-state index >= 15 is 0 Å². The number of ether oxygens (including phenoxy) is 1. The number of ketones is 1. The Morgan fingerprint density at radius 2 is 2.09 bits per heavy atom. The summed E-state index contributed by atoms with van der Waals surface area (Å²) in [5, 5.41) is 0. The summed E-state index contributed by atoms with van der Waals surface area (Å²) >= 11 is 0. The summed E-state index contributed by atoms with van der Waals surface area (Å²) < 4.78 is 16.0. The van der Waals surface area contributed by atoms with Crippen molar-refractivity contribution in [2.75, 3.05) is 0 Å². The van der Waals surface area contributed by atoms with Crippen molar-refractivity contribution in [1.82, 2.24) is 0 Å². The lowest BCUT2D eigenvalue weighted by Crippen LogP contribution is -2.14. The zero-order valence-electron chi connectivity index (χ0n) is 6.59. The highest BCUT2D eigenvalue weighted by molar-refractivity contribution is 5.95. The van der Waals surface area contributed by atoms with Crippen molar-refractivity contribution in [3.8, 4) is 0 Å². The summed E-state index contributed by atoms with van der Waals surface area (Å²) in [7, 11) is 0. The second-order valence-corrected chi connectivity index (χ2v) is 2.10. The lowest BCUT2D eigenvalue weighted by atomic mass is 10.2. The van der Waals surface area contributed by atoms with Crippen LogP contribution in [-0.4, -0.2) is 18.1 Å². The highest BCUT2D eigenvalue weighted by Gasteiger charge is 2.11. The van der Waals surface area contributed by atoms with Crippen molar-refractivity contribution in [3.05, 3.63) is 0 Å². The maximum absolute atomic E-state index is 12.0. The molecule has 0 saturated heterocycles. The van der Waals surface area contributed by atoms with E-state index in [1.54, 1.807) is 6.92 Å². The number of Topliss-reactive ketones (excluding diaryl/α,β-unsaturated/α-hetero) is 1. The number of hydrogen-bond acceptors (Lipinski definition) is 3. The van der Waals surface area contributed by atoms with Gasteiger partial charge in [0.1, 0.15) is 12.2 Å². The summed E-state index contributed by atoms with van der Waals surface area (Å²) in [6.45, 7) is 2.73. The zero-order valence-corrected chi connectivity index (χ0v) is 6.59. The number of rotatable bonds is 4. The molecular formula is C7H11FO3. The molecule has 0 N–H and O–H groups in total. The minimum Gasteiger partial charge on any atom is -0.431 e. The van der Waals surface area contributed by atoms with Gasteiger partial charge < -0.3 is 4.74 Å². The average Bonchev–Trinajstić information content (AvgIpc) is 1.85. The summed E-state index contributed by atoms with van der Waals surface area (Å²) in [6.07, 6.45) is -1.69. The van der Waals surface area contributed by atoms with Crippen LogP contribution in [0.1, 0.15) is 26.7 Å². The van der Waals surface area contributed by atoms with Gasteiger partial charge in [0, 0.05) is 13.3 Å². The number of carbonyl (C=O) groups is 2. The topological polar surface area (TPSA) is 43.4 Å². The van der Waals surface area contributed by atoms with Crippen molar-refractivity contribution in [2.24, 2.45) is 0 Å². The Bertz CT molecular complexity index is 154. The first-order valence-corrected chi connectivity index (χ1v) is 3.41. The highest BCUT2D eigenvalue weighted by Crippen LogP contribution is 1.97. The van der Waals surface area contributed by atoms with Gasteiger partial charge in [-0.2, -0.15) is 0 Å². The van der Waals surface area contributed by atoms with Gasteiger partial charge in [-0.25, -0.2) is 4.39 Å². The zero-order chi connectivity index (χ0) is 8.85. The third kappa shape index (κ3) is 5.51. The number of carbonyl (C=O) groups excluding carboxylic acids is 2. The van der Waals surface area contributed by atoms with Gasteiger partial charge in [-0.05, 0) is 0 Å². The molecule has 1 unspecified atom stereocenters. The number of alkyl halides is 1. The summed E-state index contributed by atoms with van der Waals surface area (Å²) in [6, 6.07) is 0. The van der Waals surface area contributed by atoms with E-state index in [0.29, 0.717) is 0 Å². The molecule has 0 amide bonds. The second kappa shape index (κ2) is 4.82. The molecule has 64 valence electrons. The SMILES string of the molecule is CCC(=O)CC(=O)OC(C)F. The molecule has 1 atom stereocenters. The van der Waals surface area contributed by atoms with Gasteiger partial charge in [0.25, 0.3) is 0 Å². The first-order valence-electron chi connectivity index (χ1n) is 3.41. The van der Waals surface area contributed by atoms with Crippen molar-refractivity contribution >= 4 is 11.8 Å². The minimum absolute atomic E-state index is 0.240. The Kier molecular flexibility index (Phi) is 4.41. The third-order valence-corrected chi connectivity index (χ3v) is 1.03. The molecule has 3 nitrogen and oxygen atoms in total. The van der Waals surface area contributed by atoms with Crippen LogP contribution < -0.4 is 0 Å². The van der Waals surface area contributed by atoms with Gasteiger partial charge in [0.05, 0.1) is 0 Å². The molecule has 0 rings (SSSR count). The predicted molar refractivity (Wildman–Crippen MR) is 36.6 cm³/mol. The molecule has 0 aromatic rings. The molecule has 0 fully saturated rings. The average molecular weight is 162 g/mol. The van der Waals surface area contributed by atoms with E-state index in [2.05, 4.69) is 4.74 Å². The van der Waals surface area contributed by atoms with Gasteiger partial charge in [-0.15, -0.1) is 0 Å². The second-order valence-electron chi connectivity index (χ2n) is 2.10. The maximum atomic E-state index is 12.0. The fourth-order valence-corrected chi connectivity index (χ4v) is 0.509. The summed E-state index contributed by atoms with van der Waals surface area (Å²) in [5.74, 6) is -1.04. The van der Waals surface area contributed by atoms with Crippen LogP contribution in [0.25, 0.3) is 0 Å². The smallest absolute Gasteiger partial charge is 0.315 e. The van der Waals surface area contributed by atoms with Crippen LogP contribution in [0.4, 0.5) is 4.39 Å². The van der Waals surface area contributed by atoms with Gasteiger partial charge in [0.15, 0.2) is 0 Å². The van der Waals surface area contributed by atoms with E-state index in [9.17, 15) is 14.0 Å². The largest absolute Gasteiger partial charge is 0.431 e. The van der Waals surface area contributed by atoms with E-state index in [0.717, 1.165) is 6.92 Å². The molecule has 0 aliphatic rings. The molecule has 0 heterocycles. The standard InChI is InChI=1S/C7H11FO3/c1-3-6(9)4-7(10)11-5(2)8/h5H,3-4H2,1-2H3. The molecular weight excluding hydrogens is 151 g/mol. The Morgan fingerprint density at radius 3 is 2.45 bits per heavy atom. The van der Waals surface area contributed by atoms with Crippen molar-refractivity contribution < 1.29 is 18.7 Å². The lowest BCUT2D eigenvalue weighted by Gasteiger charge is -2.02. The Hall–Kier alpha value is -0.930. The van der Waals surface area contributed by atoms with Crippen LogP contribution in [-0.2, 0) is 14.3 Å². The van der Waals surface area contributed by atoms with Crippen LogP contribution >= 0.6 is 0 Å². The lowest BCUT2D eigenvalue weighted by molar-refractivity contribution is -0.157. The van der Waals surface area contributed by atoms with Crippen LogP contribution in [0.2, 0.25) is 0 Å². The van der Waals surface area contributed by atoms with Crippen molar-refractivity contribution in [3.63, 3.8) is 0 Å². The Balaban J connectivity index is 3.61. The van der Waals surface area contributed by atoms with Gasteiger partial charge in [-0.1, -0.05) is 6.92 Å². The van der Waals surface area contributed by atoms with Gasteiger partial charge in [0.2, 0.25) is 6.36 Å². The van der Waals surface area contributed by atoms with Crippen LogP contribution in [0.15, 0.2) is 0 Å².